The first kappa shape index (κ1) is 21.6. The minimum absolute atomic E-state index is 0.0521. The van der Waals surface area contributed by atoms with Gasteiger partial charge in [-0.3, -0.25) is 9.78 Å². The molecule has 1 fully saturated rings. The number of carbonyl (C=O) groups is 1. The fourth-order valence-electron chi connectivity index (χ4n) is 3.73. The van der Waals surface area contributed by atoms with Crippen LogP contribution in [0.15, 0.2) is 24.4 Å². The molecule has 10 heteroatoms. The lowest BCUT2D eigenvalue weighted by molar-refractivity contribution is -0.141. The van der Waals surface area contributed by atoms with Gasteiger partial charge in [-0.25, -0.2) is 9.37 Å². The van der Waals surface area contributed by atoms with E-state index in [4.69, 9.17) is 4.74 Å². The maximum Gasteiger partial charge on any atom is 0.433 e. The molecule has 3 aromatic rings. The van der Waals surface area contributed by atoms with Crippen LogP contribution in [-0.2, 0) is 17.5 Å². The normalized spacial score (nSPS) is 17.0. The topological polar surface area (TPSA) is 55.3 Å². The summed E-state index contributed by atoms with van der Waals surface area (Å²) >= 11 is 1.32. The molecule has 4 heterocycles. The van der Waals surface area contributed by atoms with E-state index in [2.05, 4.69) is 9.97 Å². The van der Waals surface area contributed by atoms with Crippen molar-refractivity contribution in [1.82, 2.24) is 14.9 Å². The zero-order valence-corrected chi connectivity index (χ0v) is 17.6. The van der Waals surface area contributed by atoms with Gasteiger partial charge in [-0.1, -0.05) is 0 Å². The van der Waals surface area contributed by atoms with Crippen molar-refractivity contribution < 1.29 is 27.1 Å². The summed E-state index contributed by atoms with van der Waals surface area (Å²) in [6, 6.07) is 4.21. The zero-order valence-electron chi connectivity index (χ0n) is 16.8. The van der Waals surface area contributed by atoms with Crippen molar-refractivity contribution in [3.8, 4) is 11.3 Å². The molecule has 0 saturated carbocycles. The Morgan fingerprint density at radius 1 is 1.35 bits per heavy atom. The molecule has 31 heavy (non-hydrogen) atoms. The summed E-state index contributed by atoms with van der Waals surface area (Å²) in [5.74, 6) is -0.521. The molecule has 0 radical (unpaired) electrons. The molecule has 5 nitrogen and oxygen atoms in total. The number of amides is 1. The number of carbonyl (C=O) groups excluding carboxylic acids is 1. The van der Waals surface area contributed by atoms with Crippen molar-refractivity contribution in [2.45, 2.75) is 32.3 Å². The number of hydrogen-bond donors (Lipinski definition) is 0. The Morgan fingerprint density at radius 3 is 2.77 bits per heavy atom. The third-order valence-electron chi connectivity index (χ3n) is 5.14. The summed E-state index contributed by atoms with van der Waals surface area (Å²) in [7, 11) is 1.54. The van der Waals surface area contributed by atoms with E-state index in [0.717, 1.165) is 10.9 Å². The number of aryl methyl sites for hydroxylation is 1. The van der Waals surface area contributed by atoms with E-state index in [1.165, 1.54) is 29.4 Å². The maximum atomic E-state index is 13.7. The number of likely N-dealkylation sites (tertiary alicyclic amines) is 1. The van der Waals surface area contributed by atoms with E-state index in [-0.39, 0.29) is 36.3 Å². The van der Waals surface area contributed by atoms with Gasteiger partial charge in [0, 0.05) is 30.3 Å². The van der Waals surface area contributed by atoms with Crippen LogP contribution in [0.1, 0.15) is 32.9 Å². The Kier molecular flexibility index (Phi) is 5.69. The first-order chi connectivity index (χ1) is 14.7. The van der Waals surface area contributed by atoms with Crippen molar-refractivity contribution in [2.24, 2.45) is 0 Å². The standard InChI is InChI=1S/C21H19F4N3O2S/c1-11-7-16(21(23,24)25)27-18(17(11)20(29)28-6-4-12(22)9-28)14-3-5-26-15-8-13(10-30-2)31-19(14)15/h3,5,7-8,12H,4,6,9-10H2,1-2H3. The number of methoxy groups -OCH3 is 1. The van der Waals surface area contributed by atoms with Gasteiger partial charge in [0.2, 0.25) is 0 Å². The fraction of sp³-hybridized carbons (Fsp3) is 0.381. The number of halogens is 4. The number of fused-ring (bicyclic) bond motifs is 1. The average Bonchev–Trinajstić information content (AvgIpc) is 3.32. The Balaban J connectivity index is 1.94. The summed E-state index contributed by atoms with van der Waals surface area (Å²) in [6.07, 6.45) is -4.14. The van der Waals surface area contributed by atoms with Crippen LogP contribution in [0.25, 0.3) is 21.5 Å². The monoisotopic (exact) mass is 453 g/mol. The number of alkyl halides is 4. The molecule has 1 aliphatic rings. The van der Waals surface area contributed by atoms with Gasteiger partial charge < -0.3 is 9.64 Å². The van der Waals surface area contributed by atoms with Gasteiger partial charge in [-0.15, -0.1) is 11.3 Å². The summed E-state index contributed by atoms with van der Waals surface area (Å²) in [6.45, 7) is 1.90. The van der Waals surface area contributed by atoms with Gasteiger partial charge in [0.1, 0.15) is 11.9 Å². The zero-order chi connectivity index (χ0) is 22.3. The van der Waals surface area contributed by atoms with Crippen LogP contribution in [-0.4, -0.2) is 47.1 Å². The summed E-state index contributed by atoms with van der Waals surface area (Å²) < 4.78 is 60.1. The Morgan fingerprint density at radius 2 is 2.13 bits per heavy atom. The van der Waals surface area contributed by atoms with Crippen LogP contribution < -0.4 is 0 Å². The van der Waals surface area contributed by atoms with Crippen LogP contribution in [0, 0.1) is 6.92 Å². The highest BCUT2D eigenvalue weighted by molar-refractivity contribution is 7.19. The molecule has 4 rings (SSSR count). The molecule has 1 unspecified atom stereocenters. The Hall–Kier alpha value is -2.59. The highest BCUT2D eigenvalue weighted by Gasteiger charge is 2.36. The molecular weight excluding hydrogens is 434 g/mol. The lowest BCUT2D eigenvalue weighted by atomic mass is 9.99. The van der Waals surface area contributed by atoms with Gasteiger partial charge in [0.25, 0.3) is 5.91 Å². The van der Waals surface area contributed by atoms with Crippen molar-refractivity contribution in [3.63, 3.8) is 0 Å². The molecule has 1 atom stereocenters. The Bertz CT molecular complexity index is 1150. The number of hydrogen-bond acceptors (Lipinski definition) is 5. The van der Waals surface area contributed by atoms with Crippen LogP contribution in [0.3, 0.4) is 0 Å². The average molecular weight is 453 g/mol. The minimum atomic E-state index is -4.68. The molecule has 0 bridgehead atoms. The minimum Gasteiger partial charge on any atom is -0.379 e. The predicted octanol–water partition coefficient (Wildman–Crippen LogP) is 5.02. The lowest BCUT2D eigenvalue weighted by Crippen LogP contribution is -2.30. The van der Waals surface area contributed by atoms with Gasteiger partial charge in [0.05, 0.1) is 34.6 Å². The second-order valence-electron chi connectivity index (χ2n) is 7.40. The third kappa shape index (κ3) is 4.14. The largest absolute Gasteiger partial charge is 0.433 e. The predicted molar refractivity (Wildman–Crippen MR) is 109 cm³/mol. The van der Waals surface area contributed by atoms with E-state index < -0.39 is 23.9 Å². The van der Waals surface area contributed by atoms with E-state index in [1.54, 1.807) is 19.2 Å². The van der Waals surface area contributed by atoms with Crippen molar-refractivity contribution in [2.75, 3.05) is 20.2 Å². The van der Waals surface area contributed by atoms with Crippen LogP contribution in [0.5, 0.6) is 0 Å². The molecular formula is C21H19F4N3O2S. The van der Waals surface area contributed by atoms with Crippen molar-refractivity contribution in [3.05, 3.63) is 46.1 Å². The molecule has 164 valence electrons. The van der Waals surface area contributed by atoms with E-state index in [0.29, 0.717) is 22.4 Å². The second-order valence-corrected chi connectivity index (χ2v) is 8.54. The SMILES string of the molecule is COCc1cc2nccc(-c3nc(C(F)(F)F)cc(C)c3C(=O)N3CCC(F)C3)c2s1. The first-order valence-electron chi connectivity index (χ1n) is 9.58. The lowest BCUT2D eigenvalue weighted by Gasteiger charge is -2.20. The number of nitrogens with zero attached hydrogens (tertiary/aromatic N) is 3. The molecule has 0 spiro atoms. The molecule has 1 aliphatic heterocycles. The molecule has 1 amide bonds. The van der Waals surface area contributed by atoms with Crippen LogP contribution in [0.4, 0.5) is 17.6 Å². The number of aromatic nitrogens is 2. The van der Waals surface area contributed by atoms with E-state index in [1.807, 2.05) is 0 Å². The fourth-order valence-corrected chi connectivity index (χ4v) is 4.83. The first-order valence-corrected chi connectivity index (χ1v) is 10.4. The second kappa shape index (κ2) is 8.16. The number of pyridine rings is 2. The third-order valence-corrected chi connectivity index (χ3v) is 6.27. The van der Waals surface area contributed by atoms with Crippen molar-refractivity contribution >= 4 is 27.5 Å². The molecule has 1 saturated heterocycles. The summed E-state index contributed by atoms with van der Waals surface area (Å²) in [4.78, 5) is 23.5. The van der Waals surface area contributed by atoms with Crippen molar-refractivity contribution in [1.29, 1.82) is 0 Å². The van der Waals surface area contributed by atoms with Crippen LogP contribution in [0.2, 0.25) is 0 Å². The number of rotatable bonds is 4. The Labute approximate surface area is 179 Å². The number of thiophene rings is 1. The molecule has 0 aromatic carbocycles. The van der Waals surface area contributed by atoms with Crippen LogP contribution >= 0.6 is 11.3 Å². The molecule has 3 aromatic heterocycles. The van der Waals surface area contributed by atoms with Gasteiger partial charge in [0.15, 0.2) is 0 Å². The van der Waals surface area contributed by atoms with Gasteiger partial charge >= 0.3 is 6.18 Å². The summed E-state index contributed by atoms with van der Waals surface area (Å²) in [5.41, 5.74) is -0.00177. The quantitative estimate of drug-likeness (QED) is 0.521. The molecule has 0 aliphatic carbocycles. The number of ether oxygens (including phenoxy) is 1. The van der Waals surface area contributed by atoms with E-state index >= 15 is 0 Å². The van der Waals surface area contributed by atoms with E-state index in [9.17, 15) is 22.4 Å². The van der Waals surface area contributed by atoms with Gasteiger partial charge in [-0.2, -0.15) is 13.2 Å². The smallest absolute Gasteiger partial charge is 0.379 e. The summed E-state index contributed by atoms with van der Waals surface area (Å²) in [5, 5.41) is 0. The maximum absolute atomic E-state index is 13.7. The highest BCUT2D eigenvalue weighted by Crippen LogP contribution is 2.38. The highest BCUT2D eigenvalue weighted by atomic mass is 32.1. The molecule has 0 N–H and O–H groups in total. The van der Waals surface area contributed by atoms with Gasteiger partial charge in [-0.05, 0) is 37.1 Å².